The van der Waals surface area contributed by atoms with Gasteiger partial charge in [-0.15, -0.1) is 11.3 Å². The summed E-state index contributed by atoms with van der Waals surface area (Å²) in [5.41, 5.74) is 11.3. The van der Waals surface area contributed by atoms with E-state index in [0.29, 0.717) is 13.2 Å². The molecule has 2 aromatic rings. The van der Waals surface area contributed by atoms with Crippen molar-refractivity contribution in [2.24, 2.45) is 5.73 Å². The number of fused-ring (bicyclic) bond motifs is 1. The van der Waals surface area contributed by atoms with Gasteiger partial charge < -0.3 is 10.5 Å². The molecule has 3 nitrogen and oxygen atoms in total. The third kappa shape index (κ3) is 1.46. The van der Waals surface area contributed by atoms with E-state index in [-0.39, 0.29) is 6.10 Å². The summed E-state index contributed by atoms with van der Waals surface area (Å²) in [6.45, 7) is 1.20. The van der Waals surface area contributed by atoms with Gasteiger partial charge in [-0.2, -0.15) is 0 Å². The lowest BCUT2D eigenvalue weighted by molar-refractivity contribution is 0.0725. The number of hydrogen-bond donors (Lipinski definition) is 1. The number of thiazole rings is 1. The number of nitrogens with two attached hydrogens (primary N) is 1. The maximum Gasteiger partial charge on any atom is 0.0955 e. The second-order valence-electron chi connectivity index (χ2n) is 3.77. The lowest BCUT2D eigenvalue weighted by Crippen LogP contribution is -2.10. The van der Waals surface area contributed by atoms with E-state index in [2.05, 4.69) is 23.2 Å². The summed E-state index contributed by atoms with van der Waals surface area (Å²) in [6.07, 6.45) is 1.96. The molecule has 0 saturated carbocycles. The van der Waals surface area contributed by atoms with Gasteiger partial charge in [0.2, 0.25) is 0 Å². The van der Waals surface area contributed by atoms with E-state index < -0.39 is 0 Å². The molecule has 2 heterocycles. The predicted octanol–water partition coefficient (Wildman–Crippen LogP) is 2.34. The van der Waals surface area contributed by atoms with Gasteiger partial charge in [-0.25, -0.2) is 0 Å². The lowest BCUT2D eigenvalue weighted by Gasteiger charge is -2.08. The largest absolute Gasteiger partial charge is 0.367 e. The fourth-order valence-corrected chi connectivity index (χ4v) is 2.79. The van der Waals surface area contributed by atoms with Crippen LogP contribution in [0.2, 0.25) is 0 Å². The fraction of sp³-hybridized carbons (Fsp3) is 0.250. The third-order valence-electron chi connectivity index (χ3n) is 2.90. The van der Waals surface area contributed by atoms with Crippen LogP contribution >= 0.6 is 11.3 Å². The van der Waals surface area contributed by atoms with Gasteiger partial charge in [0.1, 0.15) is 0 Å². The first-order valence-electron chi connectivity index (χ1n) is 5.22. The minimum absolute atomic E-state index is 0.0582. The molecule has 82 valence electrons. The molecule has 2 N–H and O–H groups in total. The van der Waals surface area contributed by atoms with Crippen molar-refractivity contribution in [3.63, 3.8) is 0 Å². The smallest absolute Gasteiger partial charge is 0.0955 e. The molecule has 0 fully saturated rings. The SMILES string of the molecule is NCC1OCc2c(-c3cncs3)cccc21. The van der Waals surface area contributed by atoms with Crippen molar-refractivity contribution >= 4 is 11.3 Å². The average Bonchev–Trinajstić information content (AvgIpc) is 2.97. The molecule has 0 aliphatic carbocycles. The van der Waals surface area contributed by atoms with Crippen LogP contribution in [0.4, 0.5) is 0 Å². The Bertz CT molecular complexity index is 496. The second-order valence-corrected chi connectivity index (χ2v) is 4.66. The van der Waals surface area contributed by atoms with Crippen LogP contribution < -0.4 is 5.73 Å². The summed E-state index contributed by atoms with van der Waals surface area (Å²) in [4.78, 5) is 5.31. The van der Waals surface area contributed by atoms with Gasteiger partial charge in [-0.3, -0.25) is 4.98 Å². The van der Waals surface area contributed by atoms with Crippen LogP contribution in [0.15, 0.2) is 29.9 Å². The summed E-state index contributed by atoms with van der Waals surface area (Å²) in [5.74, 6) is 0. The van der Waals surface area contributed by atoms with Crippen LogP contribution in [0.25, 0.3) is 10.4 Å². The summed E-state index contributed by atoms with van der Waals surface area (Å²) >= 11 is 1.65. The van der Waals surface area contributed by atoms with E-state index >= 15 is 0 Å². The molecule has 1 aromatic heterocycles. The lowest BCUT2D eigenvalue weighted by atomic mass is 9.99. The molecule has 0 spiro atoms. The summed E-state index contributed by atoms with van der Waals surface area (Å²) < 4.78 is 5.67. The molecule has 1 aromatic carbocycles. The molecule has 16 heavy (non-hydrogen) atoms. The van der Waals surface area contributed by atoms with Crippen LogP contribution in [-0.2, 0) is 11.3 Å². The summed E-state index contributed by atoms with van der Waals surface area (Å²) in [5, 5.41) is 0. The fourth-order valence-electron chi connectivity index (χ4n) is 2.12. The van der Waals surface area contributed by atoms with Gasteiger partial charge in [-0.1, -0.05) is 18.2 Å². The first-order chi connectivity index (χ1) is 7.90. The van der Waals surface area contributed by atoms with Gasteiger partial charge in [0.05, 0.1) is 23.1 Å². The minimum atomic E-state index is 0.0582. The predicted molar refractivity (Wildman–Crippen MR) is 64.1 cm³/mol. The first kappa shape index (κ1) is 9.96. The van der Waals surface area contributed by atoms with E-state index in [0.717, 1.165) is 0 Å². The highest BCUT2D eigenvalue weighted by atomic mass is 32.1. The zero-order valence-corrected chi connectivity index (χ0v) is 9.54. The zero-order chi connectivity index (χ0) is 11.0. The number of ether oxygens (including phenoxy) is 1. The highest BCUT2D eigenvalue weighted by Crippen LogP contribution is 2.37. The van der Waals surface area contributed by atoms with Crippen LogP contribution in [0.5, 0.6) is 0 Å². The summed E-state index contributed by atoms with van der Waals surface area (Å²) in [6, 6.07) is 6.28. The molecule has 4 heteroatoms. The van der Waals surface area contributed by atoms with Gasteiger partial charge in [0.25, 0.3) is 0 Å². The molecule has 1 aliphatic rings. The van der Waals surface area contributed by atoms with Crippen molar-refractivity contribution in [2.75, 3.05) is 6.54 Å². The monoisotopic (exact) mass is 232 g/mol. The van der Waals surface area contributed by atoms with Crippen LogP contribution in [-0.4, -0.2) is 11.5 Å². The molecule has 1 atom stereocenters. The van der Waals surface area contributed by atoms with Crippen molar-refractivity contribution in [3.05, 3.63) is 41.0 Å². The van der Waals surface area contributed by atoms with Crippen LogP contribution in [0.1, 0.15) is 17.2 Å². The molecule has 1 aliphatic heterocycles. The second kappa shape index (κ2) is 3.97. The molecule has 3 rings (SSSR count). The van der Waals surface area contributed by atoms with Gasteiger partial charge in [0.15, 0.2) is 0 Å². The van der Waals surface area contributed by atoms with Crippen LogP contribution in [0, 0.1) is 0 Å². The number of aromatic nitrogens is 1. The maximum absolute atomic E-state index is 5.68. The highest BCUT2D eigenvalue weighted by molar-refractivity contribution is 7.13. The maximum atomic E-state index is 5.68. The van der Waals surface area contributed by atoms with E-state index in [1.165, 1.54) is 21.6 Å². The Morgan fingerprint density at radius 1 is 1.50 bits per heavy atom. The average molecular weight is 232 g/mol. The number of nitrogens with zero attached hydrogens (tertiary/aromatic N) is 1. The van der Waals surface area contributed by atoms with Crippen molar-refractivity contribution in [2.45, 2.75) is 12.7 Å². The molecular weight excluding hydrogens is 220 g/mol. The van der Waals surface area contributed by atoms with Gasteiger partial charge in [0, 0.05) is 12.7 Å². The number of benzene rings is 1. The Labute approximate surface area is 97.9 Å². The summed E-state index contributed by atoms with van der Waals surface area (Å²) in [7, 11) is 0. The minimum Gasteiger partial charge on any atom is -0.367 e. The van der Waals surface area contributed by atoms with Crippen molar-refractivity contribution in [1.29, 1.82) is 0 Å². The zero-order valence-electron chi connectivity index (χ0n) is 8.72. The van der Waals surface area contributed by atoms with Crippen molar-refractivity contribution < 1.29 is 4.74 Å². The Hall–Kier alpha value is -1.23. The van der Waals surface area contributed by atoms with Crippen molar-refractivity contribution in [1.82, 2.24) is 4.98 Å². The Morgan fingerprint density at radius 3 is 3.19 bits per heavy atom. The van der Waals surface area contributed by atoms with E-state index in [4.69, 9.17) is 10.5 Å². The normalized spacial score (nSPS) is 18.7. The molecule has 0 amide bonds. The van der Waals surface area contributed by atoms with Gasteiger partial charge >= 0.3 is 0 Å². The Morgan fingerprint density at radius 2 is 2.44 bits per heavy atom. The topological polar surface area (TPSA) is 48.1 Å². The molecular formula is C12H12N2OS. The molecule has 0 saturated heterocycles. The highest BCUT2D eigenvalue weighted by Gasteiger charge is 2.24. The number of rotatable bonds is 2. The van der Waals surface area contributed by atoms with Crippen molar-refractivity contribution in [3.8, 4) is 10.4 Å². The molecule has 0 bridgehead atoms. The quantitative estimate of drug-likeness (QED) is 0.864. The molecule has 0 radical (unpaired) electrons. The van der Waals surface area contributed by atoms with Crippen LogP contribution in [0.3, 0.4) is 0 Å². The third-order valence-corrected chi connectivity index (χ3v) is 3.71. The van der Waals surface area contributed by atoms with E-state index in [1.54, 1.807) is 11.3 Å². The number of hydrogen-bond acceptors (Lipinski definition) is 4. The Balaban J connectivity index is 2.12. The molecule has 1 unspecified atom stereocenters. The Kier molecular flexibility index (Phi) is 2.47. The van der Waals surface area contributed by atoms with Gasteiger partial charge in [-0.05, 0) is 16.7 Å². The standard InChI is InChI=1S/C12H12N2OS/c13-4-11-8-2-1-3-9(10(8)6-15-11)12-5-14-7-16-12/h1-3,5,7,11H,4,6,13H2. The van der Waals surface area contributed by atoms with E-state index in [1.807, 2.05) is 11.7 Å². The van der Waals surface area contributed by atoms with E-state index in [9.17, 15) is 0 Å². The first-order valence-corrected chi connectivity index (χ1v) is 6.10.